The van der Waals surface area contributed by atoms with E-state index in [9.17, 15) is 4.39 Å². The molecule has 3 heteroatoms. The first kappa shape index (κ1) is 15.6. The molecule has 2 saturated carbocycles. The average Bonchev–Trinajstić information content (AvgIpc) is 3.04. The van der Waals surface area contributed by atoms with E-state index in [1.807, 2.05) is 6.07 Å². The van der Waals surface area contributed by atoms with Crippen molar-refractivity contribution in [2.75, 3.05) is 13.2 Å². The van der Waals surface area contributed by atoms with Crippen LogP contribution >= 0.6 is 0 Å². The van der Waals surface area contributed by atoms with Crippen LogP contribution in [-0.2, 0) is 9.47 Å². The van der Waals surface area contributed by atoms with Gasteiger partial charge in [-0.2, -0.15) is 0 Å². The van der Waals surface area contributed by atoms with Crippen LogP contribution in [0.15, 0.2) is 24.3 Å². The van der Waals surface area contributed by atoms with Gasteiger partial charge in [0.25, 0.3) is 0 Å². The van der Waals surface area contributed by atoms with Crippen LogP contribution in [0.1, 0.15) is 62.8 Å². The molecule has 2 nitrogen and oxygen atoms in total. The molecular formula is C20H27FO2. The van der Waals surface area contributed by atoms with Crippen molar-refractivity contribution in [3.05, 3.63) is 35.6 Å². The molecule has 4 rings (SSSR count). The average molecular weight is 318 g/mol. The van der Waals surface area contributed by atoms with Crippen LogP contribution in [0.5, 0.6) is 0 Å². The molecule has 0 atom stereocenters. The summed E-state index contributed by atoms with van der Waals surface area (Å²) in [4.78, 5) is 0. The summed E-state index contributed by atoms with van der Waals surface area (Å²) in [6, 6.07) is 7.20. The fourth-order valence-corrected chi connectivity index (χ4v) is 5.02. The Morgan fingerprint density at radius 2 is 1.52 bits per heavy atom. The third kappa shape index (κ3) is 3.32. The Hall–Kier alpha value is -0.930. The van der Waals surface area contributed by atoms with Crippen LogP contribution in [0, 0.1) is 17.7 Å². The summed E-state index contributed by atoms with van der Waals surface area (Å²) in [6.07, 6.45) is 9.64. The van der Waals surface area contributed by atoms with E-state index in [0.29, 0.717) is 5.92 Å². The van der Waals surface area contributed by atoms with Crippen molar-refractivity contribution < 1.29 is 13.9 Å². The summed E-state index contributed by atoms with van der Waals surface area (Å²) in [5.41, 5.74) is 1.19. The van der Waals surface area contributed by atoms with Gasteiger partial charge in [-0.15, -0.1) is 0 Å². The molecule has 3 fully saturated rings. The van der Waals surface area contributed by atoms with Crippen LogP contribution in [-0.4, -0.2) is 19.0 Å². The molecule has 0 bridgehead atoms. The Balaban J connectivity index is 1.30. The lowest BCUT2D eigenvalue weighted by Gasteiger charge is -2.41. The molecule has 0 aromatic heterocycles. The van der Waals surface area contributed by atoms with Gasteiger partial charge in [-0.1, -0.05) is 12.1 Å². The van der Waals surface area contributed by atoms with Gasteiger partial charge >= 0.3 is 0 Å². The van der Waals surface area contributed by atoms with Crippen molar-refractivity contribution in [1.29, 1.82) is 0 Å². The molecular weight excluding hydrogens is 291 g/mol. The van der Waals surface area contributed by atoms with Crippen molar-refractivity contribution >= 4 is 0 Å². The molecule has 1 aliphatic heterocycles. The van der Waals surface area contributed by atoms with Crippen LogP contribution < -0.4 is 0 Å². The van der Waals surface area contributed by atoms with E-state index < -0.39 is 0 Å². The minimum Gasteiger partial charge on any atom is -0.348 e. The maximum Gasteiger partial charge on any atom is 0.168 e. The van der Waals surface area contributed by atoms with E-state index in [0.717, 1.165) is 37.9 Å². The molecule has 0 amide bonds. The molecule has 0 radical (unpaired) electrons. The predicted octanol–water partition coefficient (Wildman–Crippen LogP) is 5.03. The van der Waals surface area contributed by atoms with Crippen molar-refractivity contribution in [1.82, 2.24) is 0 Å². The van der Waals surface area contributed by atoms with Crippen LogP contribution in [0.4, 0.5) is 4.39 Å². The summed E-state index contributed by atoms with van der Waals surface area (Å²) in [6.45, 7) is 1.53. The molecule has 1 heterocycles. The second-order valence-electron chi connectivity index (χ2n) is 7.61. The molecule has 1 spiro atoms. The third-order valence-corrected chi connectivity index (χ3v) is 6.36. The number of rotatable bonds is 2. The van der Waals surface area contributed by atoms with Crippen LogP contribution in [0.3, 0.4) is 0 Å². The van der Waals surface area contributed by atoms with Crippen molar-refractivity contribution in [3.63, 3.8) is 0 Å². The van der Waals surface area contributed by atoms with E-state index in [1.54, 1.807) is 12.1 Å². The standard InChI is InChI=1S/C20H27FO2/c21-19-3-1-2-18(14-19)16-6-4-15(5-7-16)17-8-10-20(11-9-17)22-12-13-23-20/h1-3,14-17H,4-13H2. The first-order valence-corrected chi connectivity index (χ1v) is 9.27. The van der Waals surface area contributed by atoms with Gasteiger partial charge in [0, 0.05) is 12.8 Å². The first-order chi connectivity index (χ1) is 11.2. The smallest absolute Gasteiger partial charge is 0.168 e. The number of halogens is 1. The molecule has 2 aliphatic carbocycles. The summed E-state index contributed by atoms with van der Waals surface area (Å²) < 4.78 is 25.1. The molecule has 126 valence electrons. The van der Waals surface area contributed by atoms with Crippen LogP contribution in [0.2, 0.25) is 0 Å². The highest BCUT2D eigenvalue weighted by molar-refractivity contribution is 5.21. The summed E-state index contributed by atoms with van der Waals surface area (Å²) in [7, 11) is 0. The van der Waals surface area contributed by atoms with Crippen molar-refractivity contribution in [2.24, 2.45) is 11.8 Å². The predicted molar refractivity (Wildman–Crippen MR) is 87.7 cm³/mol. The minimum atomic E-state index is -0.227. The molecule has 0 unspecified atom stereocenters. The lowest BCUT2D eigenvalue weighted by molar-refractivity contribution is -0.185. The first-order valence-electron chi connectivity index (χ1n) is 9.27. The van der Waals surface area contributed by atoms with E-state index >= 15 is 0 Å². The maximum absolute atomic E-state index is 13.4. The Morgan fingerprint density at radius 3 is 2.17 bits per heavy atom. The van der Waals surface area contributed by atoms with Gasteiger partial charge in [0.2, 0.25) is 0 Å². The number of hydrogen-bond donors (Lipinski definition) is 0. The van der Waals surface area contributed by atoms with Gasteiger partial charge in [-0.25, -0.2) is 4.39 Å². The van der Waals surface area contributed by atoms with Crippen molar-refractivity contribution in [2.45, 2.75) is 63.1 Å². The zero-order chi connectivity index (χ0) is 15.7. The minimum absolute atomic E-state index is 0.0984. The highest BCUT2D eigenvalue weighted by atomic mass is 19.1. The lowest BCUT2D eigenvalue weighted by atomic mass is 9.69. The summed E-state index contributed by atoms with van der Waals surface area (Å²) in [5, 5.41) is 0. The second kappa shape index (κ2) is 6.52. The number of hydrogen-bond acceptors (Lipinski definition) is 2. The fourth-order valence-electron chi connectivity index (χ4n) is 5.02. The molecule has 3 aliphatic rings. The largest absolute Gasteiger partial charge is 0.348 e. The fraction of sp³-hybridized carbons (Fsp3) is 0.700. The van der Waals surface area contributed by atoms with Crippen molar-refractivity contribution in [3.8, 4) is 0 Å². The Morgan fingerprint density at radius 1 is 0.870 bits per heavy atom. The maximum atomic E-state index is 13.4. The van der Waals surface area contributed by atoms with Gasteiger partial charge < -0.3 is 9.47 Å². The molecule has 1 saturated heterocycles. The van der Waals surface area contributed by atoms with Gasteiger partial charge in [-0.3, -0.25) is 0 Å². The van der Waals surface area contributed by atoms with Gasteiger partial charge in [-0.05, 0) is 74.0 Å². The molecule has 1 aromatic carbocycles. The molecule has 23 heavy (non-hydrogen) atoms. The van der Waals surface area contributed by atoms with E-state index in [-0.39, 0.29) is 11.6 Å². The topological polar surface area (TPSA) is 18.5 Å². The van der Waals surface area contributed by atoms with E-state index in [4.69, 9.17) is 9.47 Å². The third-order valence-electron chi connectivity index (χ3n) is 6.36. The number of ether oxygens (including phenoxy) is 2. The second-order valence-corrected chi connectivity index (χ2v) is 7.61. The summed E-state index contributed by atoms with van der Waals surface area (Å²) in [5.74, 6) is 1.91. The highest BCUT2D eigenvalue weighted by Crippen LogP contribution is 2.46. The van der Waals surface area contributed by atoms with E-state index in [1.165, 1.54) is 44.1 Å². The van der Waals surface area contributed by atoms with E-state index in [2.05, 4.69) is 6.07 Å². The van der Waals surface area contributed by atoms with Gasteiger partial charge in [0.15, 0.2) is 5.79 Å². The Kier molecular flexibility index (Phi) is 4.42. The monoisotopic (exact) mass is 318 g/mol. The quantitative estimate of drug-likeness (QED) is 0.761. The molecule has 1 aromatic rings. The zero-order valence-electron chi connectivity index (χ0n) is 13.8. The Labute approximate surface area is 138 Å². The normalized spacial score (nSPS) is 31.5. The lowest BCUT2D eigenvalue weighted by Crippen LogP contribution is -2.37. The zero-order valence-corrected chi connectivity index (χ0v) is 13.8. The molecule has 0 N–H and O–H groups in total. The summed E-state index contributed by atoms with van der Waals surface area (Å²) >= 11 is 0. The van der Waals surface area contributed by atoms with Gasteiger partial charge in [0.05, 0.1) is 13.2 Å². The number of benzene rings is 1. The van der Waals surface area contributed by atoms with Crippen LogP contribution in [0.25, 0.3) is 0 Å². The SMILES string of the molecule is Fc1cccc(C2CCC(C3CCC4(CC3)OCCO4)CC2)c1. The highest BCUT2D eigenvalue weighted by Gasteiger charge is 2.42. The Bertz CT molecular complexity index is 520. The van der Waals surface area contributed by atoms with Gasteiger partial charge in [0.1, 0.15) is 5.82 Å².